The second-order valence-electron chi connectivity index (χ2n) is 7.67. The first-order valence-corrected chi connectivity index (χ1v) is 10.7. The zero-order valence-electron chi connectivity index (χ0n) is 16.4. The largest absolute Gasteiger partial charge is 0.416 e. The number of carbonyl (C=O) groups excluding carboxylic acids is 2. The molecule has 2 amide bonds. The van der Waals surface area contributed by atoms with Crippen molar-refractivity contribution in [1.29, 1.82) is 0 Å². The molecule has 0 atom stereocenters. The number of piperidine rings is 1. The van der Waals surface area contributed by atoms with Crippen LogP contribution in [0, 0.1) is 6.92 Å². The van der Waals surface area contributed by atoms with Gasteiger partial charge in [-0.3, -0.25) is 14.5 Å². The Kier molecular flexibility index (Phi) is 5.30. The van der Waals surface area contributed by atoms with Crippen LogP contribution in [0.2, 0.25) is 0 Å². The quantitative estimate of drug-likeness (QED) is 0.687. The van der Waals surface area contributed by atoms with Crippen molar-refractivity contribution in [3.8, 4) is 0 Å². The Labute approximate surface area is 177 Å². The van der Waals surface area contributed by atoms with Gasteiger partial charge in [0.25, 0.3) is 5.91 Å². The molecule has 0 N–H and O–H groups in total. The molecule has 0 aromatic heterocycles. The van der Waals surface area contributed by atoms with E-state index in [1.54, 1.807) is 23.1 Å². The minimum Gasteiger partial charge on any atom is -0.338 e. The van der Waals surface area contributed by atoms with Crippen LogP contribution in [-0.2, 0) is 11.0 Å². The summed E-state index contributed by atoms with van der Waals surface area (Å²) in [5.74, 6) is -0.0373. The van der Waals surface area contributed by atoms with Crippen molar-refractivity contribution < 1.29 is 22.8 Å². The molecule has 1 spiro atoms. The Morgan fingerprint density at radius 2 is 1.73 bits per heavy atom. The maximum Gasteiger partial charge on any atom is 0.416 e. The van der Waals surface area contributed by atoms with E-state index in [1.165, 1.54) is 22.7 Å². The lowest BCUT2D eigenvalue weighted by atomic mass is 9.99. The normalized spacial score (nSPS) is 18.9. The van der Waals surface area contributed by atoms with E-state index in [2.05, 4.69) is 0 Å². The Hall–Kier alpha value is -2.48. The van der Waals surface area contributed by atoms with Crippen molar-refractivity contribution in [3.05, 3.63) is 65.2 Å². The van der Waals surface area contributed by atoms with E-state index < -0.39 is 16.6 Å². The number of halogens is 3. The fraction of sp³-hybridized carbons (Fsp3) is 0.364. The minimum atomic E-state index is -4.47. The highest BCUT2D eigenvalue weighted by atomic mass is 32.2. The van der Waals surface area contributed by atoms with Crippen molar-refractivity contribution >= 4 is 29.3 Å². The number of likely N-dealkylation sites (tertiary alicyclic amines) is 1. The van der Waals surface area contributed by atoms with Gasteiger partial charge in [-0.25, -0.2) is 0 Å². The highest BCUT2D eigenvalue weighted by Crippen LogP contribution is 2.47. The van der Waals surface area contributed by atoms with Gasteiger partial charge < -0.3 is 4.90 Å². The molecule has 0 unspecified atom stereocenters. The maximum atomic E-state index is 13.2. The minimum absolute atomic E-state index is 0.0650. The third-order valence-corrected chi connectivity index (χ3v) is 7.20. The molecule has 0 radical (unpaired) electrons. The van der Waals surface area contributed by atoms with E-state index in [4.69, 9.17) is 0 Å². The van der Waals surface area contributed by atoms with Gasteiger partial charge in [0, 0.05) is 24.3 Å². The fourth-order valence-electron chi connectivity index (χ4n) is 4.06. The van der Waals surface area contributed by atoms with Crippen molar-refractivity contribution in [3.63, 3.8) is 0 Å². The van der Waals surface area contributed by atoms with Crippen LogP contribution in [0.25, 0.3) is 0 Å². The fourth-order valence-corrected chi connectivity index (χ4v) is 5.39. The van der Waals surface area contributed by atoms with Gasteiger partial charge in [0.1, 0.15) is 0 Å². The van der Waals surface area contributed by atoms with Gasteiger partial charge in [-0.1, -0.05) is 23.8 Å². The van der Waals surface area contributed by atoms with Gasteiger partial charge in [-0.05, 0) is 50.1 Å². The van der Waals surface area contributed by atoms with Crippen LogP contribution in [-0.4, -0.2) is 40.4 Å². The molecule has 2 heterocycles. The summed E-state index contributed by atoms with van der Waals surface area (Å²) in [5.41, 5.74) is 1.17. The van der Waals surface area contributed by atoms with Gasteiger partial charge in [0.15, 0.2) is 0 Å². The molecular formula is C22H21F3N2O2S. The SMILES string of the molecule is Cc1ccc(C(=O)N2CCC3(CC2)SCC(=O)N3c2cccc(C(F)(F)F)c2)cc1. The number of alkyl halides is 3. The summed E-state index contributed by atoms with van der Waals surface area (Å²) >= 11 is 1.46. The Morgan fingerprint density at radius 3 is 2.37 bits per heavy atom. The number of rotatable bonds is 2. The van der Waals surface area contributed by atoms with Gasteiger partial charge in [-0.2, -0.15) is 13.2 Å². The summed E-state index contributed by atoms with van der Waals surface area (Å²) in [6, 6.07) is 12.3. The first-order chi connectivity index (χ1) is 14.2. The lowest BCUT2D eigenvalue weighted by Crippen LogP contribution is -2.53. The van der Waals surface area contributed by atoms with Crippen molar-refractivity contribution in [2.45, 2.75) is 30.8 Å². The summed E-state index contributed by atoms with van der Waals surface area (Å²) in [6.45, 7) is 2.85. The number of amides is 2. The van der Waals surface area contributed by atoms with Crippen molar-refractivity contribution in [2.75, 3.05) is 23.7 Å². The summed E-state index contributed by atoms with van der Waals surface area (Å²) < 4.78 is 39.5. The lowest BCUT2D eigenvalue weighted by molar-refractivity contribution is -0.137. The predicted molar refractivity (Wildman–Crippen MR) is 110 cm³/mol. The second kappa shape index (κ2) is 7.65. The zero-order valence-corrected chi connectivity index (χ0v) is 17.2. The first kappa shape index (κ1) is 20.8. The van der Waals surface area contributed by atoms with Crippen LogP contribution < -0.4 is 4.90 Å². The molecule has 2 aromatic carbocycles. The number of hydrogen-bond donors (Lipinski definition) is 0. The van der Waals surface area contributed by atoms with Gasteiger partial charge >= 0.3 is 6.18 Å². The van der Waals surface area contributed by atoms with Crippen LogP contribution in [0.3, 0.4) is 0 Å². The first-order valence-electron chi connectivity index (χ1n) is 9.70. The summed E-state index contributed by atoms with van der Waals surface area (Å²) in [7, 11) is 0. The molecule has 30 heavy (non-hydrogen) atoms. The molecule has 2 aliphatic rings. The Morgan fingerprint density at radius 1 is 1.07 bits per heavy atom. The number of thioether (sulfide) groups is 1. The number of benzene rings is 2. The monoisotopic (exact) mass is 434 g/mol. The molecular weight excluding hydrogens is 413 g/mol. The zero-order chi connectivity index (χ0) is 21.5. The molecule has 158 valence electrons. The van der Waals surface area contributed by atoms with Gasteiger partial charge in [0.2, 0.25) is 5.91 Å². The standard InChI is InChI=1S/C22H21F3N2O2S/c1-15-5-7-16(8-6-15)20(29)26-11-9-21(10-12-26)27(19(28)14-30-21)18-4-2-3-17(13-18)22(23,24)25/h2-8,13H,9-12,14H2,1H3. The third-order valence-electron chi connectivity index (χ3n) is 5.68. The van der Waals surface area contributed by atoms with Gasteiger partial charge in [-0.15, -0.1) is 11.8 Å². The summed E-state index contributed by atoms with van der Waals surface area (Å²) in [6.07, 6.45) is -3.45. The molecule has 8 heteroatoms. The lowest BCUT2D eigenvalue weighted by Gasteiger charge is -2.44. The van der Waals surface area contributed by atoms with Crippen LogP contribution in [0.5, 0.6) is 0 Å². The summed E-state index contributed by atoms with van der Waals surface area (Å²) in [5, 5.41) is 0. The highest BCUT2D eigenvalue weighted by Gasteiger charge is 2.49. The van der Waals surface area contributed by atoms with Crippen LogP contribution >= 0.6 is 11.8 Å². The van der Waals surface area contributed by atoms with Crippen LogP contribution in [0.15, 0.2) is 48.5 Å². The maximum absolute atomic E-state index is 13.2. The molecule has 2 aliphatic heterocycles. The Bertz CT molecular complexity index is 967. The topological polar surface area (TPSA) is 40.6 Å². The predicted octanol–water partition coefficient (Wildman–Crippen LogP) is 4.73. The third kappa shape index (κ3) is 3.80. The van der Waals surface area contributed by atoms with E-state index >= 15 is 0 Å². The number of anilines is 1. The van der Waals surface area contributed by atoms with Crippen molar-refractivity contribution in [2.24, 2.45) is 0 Å². The van der Waals surface area contributed by atoms with E-state index in [0.717, 1.165) is 17.7 Å². The van der Waals surface area contributed by atoms with Gasteiger partial charge in [0.05, 0.1) is 16.2 Å². The summed E-state index contributed by atoms with van der Waals surface area (Å²) in [4.78, 5) is 28.1. The van der Waals surface area contributed by atoms with Crippen LogP contribution in [0.1, 0.15) is 34.3 Å². The number of carbonyl (C=O) groups is 2. The van der Waals surface area contributed by atoms with Crippen LogP contribution in [0.4, 0.5) is 18.9 Å². The molecule has 4 nitrogen and oxygen atoms in total. The Balaban J connectivity index is 1.54. The number of aryl methyl sites for hydroxylation is 1. The number of nitrogens with zero attached hydrogens (tertiary/aromatic N) is 2. The molecule has 4 rings (SSSR count). The number of hydrogen-bond acceptors (Lipinski definition) is 3. The molecule has 0 saturated carbocycles. The molecule has 2 aromatic rings. The average Bonchev–Trinajstić information content (AvgIpc) is 3.04. The van der Waals surface area contributed by atoms with E-state index in [1.807, 2.05) is 19.1 Å². The van der Waals surface area contributed by atoms with Crippen molar-refractivity contribution in [1.82, 2.24) is 4.90 Å². The highest BCUT2D eigenvalue weighted by molar-refractivity contribution is 8.02. The van der Waals surface area contributed by atoms with E-state index in [9.17, 15) is 22.8 Å². The average molecular weight is 434 g/mol. The molecule has 0 bridgehead atoms. The van der Waals surface area contributed by atoms with E-state index in [-0.39, 0.29) is 23.3 Å². The van der Waals surface area contributed by atoms with E-state index in [0.29, 0.717) is 31.5 Å². The molecule has 0 aliphatic carbocycles. The second-order valence-corrected chi connectivity index (χ2v) is 9.01. The molecule has 2 fully saturated rings. The smallest absolute Gasteiger partial charge is 0.338 e. The molecule has 2 saturated heterocycles.